The molecule has 0 bridgehead atoms. The van der Waals surface area contributed by atoms with Crippen molar-refractivity contribution in [3.8, 4) is 0 Å². The van der Waals surface area contributed by atoms with Crippen molar-refractivity contribution in [3.05, 3.63) is 29.3 Å². The second-order valence-electron chi connectivity index (χ2n) is 9.57. The van der Waals surface area contributed by atoms with Crippen LogP contribution in [0.2, 0.25) is 0 Å². The van der Waals surface area contributed by atoms with Gasteiger partial charge < -0.3 is 17.3 Å². The van der Waals surface area contributed by atoms with E-state index in [1.54, 1.807) is 5.30 Å². The van der Waals surface area contributed by atoms with Crippen LogP contribution in [0.5, 0.6) is 0 Å². The van der Waals surface area contributed by atoms with E-state index in [4.69, 9.17) is 0 Å². The lowest BCUT2D eigenvalue weighted by Crippen LogP contribution is -2.31. The van der Waals surface area contributed by atoms with Gasteiger partial charge in [-0.2, -0.15) is 0 Å². The van der Waals surface area contributed by atoms with E-state index in [0.717, 1.165) is 0 Å². The van der Waals surface area contributed by atoms with Gasteiger partial charge in [0.2, 0.25) is 0 Å². The zero-order valence-corrected chi connectivity index (χ0v) is 19.0. The first-order chi connectivity index (χ1) is 11.3. The Labute approximate surface area is 159 Å². The zero-order chi connectivity index (χ0) is 21.1. The Morgan fingerprint density at radius 2 is 0.962 bits per heavy atom. The quantitative estimate of drug-likeness (QED) is 0.280. The summed E-state index contributed by atoms with van der Waals surface area (Å²) in [7, 11) is -6.66. The molecule has 0 atom stereocenters. The largest absolute Gasteiger partial charge is 0.673 e. The van der Waals surface area contributed by atoms with E-state index in [9.17, 15) is 17.3 Å². The molecule has 0 radical (unpaired) electrons. The van der Waals surface area contributed by atoms with Crippen molar-refractivity contribution in [1.82, 2.24) is 0 Å². The molecular weight excluding hydrogens is 358 g/mol. The lowest BCUT2D eigenvalue weighted by atomic mass is 9.96. The molecule has 6 heteroatoms. The highest BCUT2D eigenvalue weighted by Gasteiger charge is 2.43. The molecule has 152 valence electrons. The van der Waals surface area contributed by atoms with E-state index in [1.807, 2.05) is 0 Å². The SMILES string of the molecule is CC(C)c1cc(C(C)C)cc([PH+](C(C)(C)C)C(C)(C)C)c1.F[B-](F)(F)F. The van der Waals surface area contributed by atoms with Crippen molar-refractivity contribution in [3.63, 3.8) is 0 Å². The lowest BCUT2D eigenvalue weighted by Gasteiger charge is -2.34. The molecule has 1 rings (SSSR count). The third-order valence-electron chi connectivity index (χ3n) is 4.10. The number of hydrogen-bond donors (Lipinski definition) is 0. The van der Waals surface area contributed by atoms with Crippen LogP contribution in [0.15, 0.2) is 18.2 Å². The van der Waals surface area contributed by atoms with Crippen LogP contribution < -0.4 is 5.30 Å². The number of halogens is 4. The first kappa shape index (κ1) is 25.4. The predicted molar refractivity (Wildman–Crippen MR) is 112 cm³/mol. The van der Waals surface area contributed by atoms with Gasteiger partial charge >= 0.3 is 7.25 Å². The van der Waals surface area contributed by atoms with Gasteiger partial charge in [0, 0.05) is 7.92 Å². The van der Waals surface area contributed by atoms with Crippen LogP contribution in [0.4, 0.5) is 17.3 Å². The predicted octanol–water partition coefficient (Wildman–Crippen LogP) is 7.67. The molecule has 0 unspecified atom stereocenters. The molecule has 1 aromatic rings. The van der Waals surface area contributed by atoms with E-state index >= 15 is 0 Å². The summed E-state index contributed by atoms with van der Waals surface area (Å²) in [6.07, 6.45) is 0. The first-order valence-electron chi connectivity index (χ1n) is 9.24. The van der Waals surface area contributed by atoms with Gasteiger partial charge in [0.1, 0.15) is 0 Å². The van der Waals surface area contributed by atoms with E-state index in [0.29, 0.717) is 22.1 Å². The van der Waals surface area contributed by atoms with E-state index < -0.39 is 15.2 Å². The summed E-state index contributed by atoms with van der Waals surface area (Å²) in [5.74, 6) is 1.20. The van der Waals surface area contributed by atoms with Crippen LogP contribution in [0.1, 0.15) is 92.2 Å². The summed E-state index contributed by atoms with van der Waals surface area (Å²) in [6, 6.07) is 7.42. The van der Waals surface area contributed by atoms with E-state index in [2.05, 4.69) is 87.4 Å². The van der Waals surface area contributed by atoms with Gasteiger partial charge in [0.25, 0.3) is 0 Å². The average molecular weight is 394 g/mol. The smallest absolute Gasteiger partial charge is 0.418 e. The highest BCUT2D eigenvalue weighted by molar-refractivity contribution is 7.68. The number of hydrogen-bond acceptors (Lipinski definition) is 0. The van der Waals surface area contributed by atoms with Crippen molar-refractivity contribution in [2.45, 2.75) is 91.4 Å². The molecule has 26 heavy (non-hydrogen) atoms. The summed E-state index contributed by atoms with van der Waals surface area (Å²) < 4.78 is 39.0. The van der Waals surface area contributed by atoms with Crippen LogP contribution in [0, 0.1) is 0 Å². The normalized spacial score (nSPS) is 13.3. The third-order valence-corrected chi connectivity index (χ3v) is 7.97. The molecule has 0 nitrogen and oxygen atoms in total. The Morgan fingerprint density at radius 3 is 1.15 bits per heavy atom. The Morgan fingerprint density at radius 1 is 0.692 bits per heavy atom. The van der Waals surface area contributed by atoms with Crippen molar-refractivity contribution >= 4 is 20.5 Å². The summed E-state index contributed by atoms with van der Waals surface area (Å²) in [6.45, 7) is 23.8. The summed E-state index contributed by atoms with van der Waals surface area (Å²) in [5, 5.41) is 2.36. The minimum atomic E-state index is -6.00. The molecule has 0 aliphatic carbocycles. The van der Waals surface area contributed by atoms with Gasteiger partial charge in [-0.3, -0.25) is 0 Å². The molecule has 0 aliphatic heterocycles. The molecule has 0 aliphatic rings. The molecule has 0 heterocycles. The van der Waals surface area contributed by atoms with Crippen LogP contribution in [0.3, 0.4) is 0 Å². The Hall–Kier alpha value is -0.565. The minimum absolute atomic E-state index is 0.368. The maximum atomic E-state index is 9.75. The Bertz CT molecular complexity index is 520. The van der Waals surface area contributed by atoms with Gasteiger partial charge in [0.15, 0.2) is 0 Å². The van der Waals surface area contributed by atoms with Crippen molar-refractivity contribution in [2.75, 3.05) is 0 Å². The van der Waals surface area contributed by atoms with Crippen LogP contribution in [-0.2, 0) is 0 Å². The Balaban J connectivity index is 0.00000110. The van der Waals surface area contributed by atoms with E-state index in [1.165, 1.54) is 11.1 Å². The van der Waals surface area contributed by atoms with Crippen LogP contribution >= 0.6 is 7.92 Å². The van der Waals surface area contributed by atoms with Gasteiger partial charge in [-0.05, 0) is 76.6 Å². The van der Waals surface area contributed by atoms with E-state index in [-0.39, 0.29) is 0 Å². The zero-order valence-electron chi connectivity index (χ0n) is 18.0. The van der Waals surface area contributed by atoms with Crippen molar-refractivity contribution < 1.29 is 17.3 Å². The maximum absolute atomic E-state index is 9.75. The third kappa shape index (κ3) is 9.39. The maximum Gasteiger partial charge on any atom is 0.673 e. The second kappa shape index (κ2) is 9.08. The average Bonchev–Trinajstić information content (AvgIpc) is 2.32. The Kier molecular flexibility index (Phi) is 8.89. The molecule has 1 aromatic carbocycles. The molecule has 0 saturated heterocycles. The first-order valence-corrected chi connectivity index (χ1v) is 10.7. The van der Waals surface area contributed by atoms with Crippen molar-refractivity contribution in [1.29, 1.82) is 0 Å². The standard InChI is InChI=1S/C20H35P.BF4/c1-14(2)16-11-17(15(3)4)13-18(12-16)21(19(5,6)7)20(8,9)10;2-1(3,4)5/h11-15H,1-10H3;/q;-1/p+1. The van der Waals surface area contributed by atoms with Crippen molar-refractivity contribution in [2.24, 2.45) is 0 Å². The highest BCUT2D eigenvalue weighted by Crippen LogP contribution is 2.58. The molecule has 0 aromatic heterocycles. The molecule has 0 amide bonds. The van der Waals surface area contributed by atoms with Crippen LogP contribution in [0.25, 0.3) is 0 Å². The van der Waals surface area contributed by atoms with Gasteiger partial charge in [0.05, 0.1) is 15.6 Å². The van der Waals surface area contributed by atoms with Gasteiger partial charge in [-0.15, -0.1) is 0 Å². The molecule has 0 fully saturated rings. The number of benzene rings is 1. The summed E-state index contributed by atoms with van der Waals surface area (Å²) in [5.41, 5.74) is 3.01. The fraction of sp³-hybridized carbons (Fsp3) is 0.700. The van der Waals surface area contributed by atoms with Gasteiger partial charge in [-0.1, -0.05) is 33.8 Å². The summed E-state index contributed by atoms with van der Waals surface area (Å²) >= 11 is 0. The lowest BCUT2D eigenvalue weighted by molar-refractivity contribution is 0.368. The number of rotatable bonds is 3. The summed E-state index contributed by atoms with van der Waals surface area (Å²) in [4.78, 5) is 0. The van der Waals surface area contributed by atoms with Gasteiger partial charge in [-0.25, -0.2) is 0 Å². The topological polar surface area (TPSA) is 0 Å². The monoisotopic (exact) mass is 394 g/mol. The molecule has 0 saturated carbocycles. The second-order valence-corrected chi connectivity index (χ2v) is 13.9. The molecular formula is C20H36BF4P. The highest BCUT2D eigenvalue weighted by atomic mass is 31.1. The fourth-order valence-electron chi connectivity index (χ4n) is 3.48. The fourth-order valence-corrected chi connectivity index (χ4v) is 8.08. The molecule has 0 spiro atoms. The molecule has 0 N–H and O–H groups in total. The van der Waals surface area contributed by atoms with Crippen LogP contribution in [-0.4, -0.2) is 17.6 Å². The minimum Gasteiger partial charge on any atom is -0.418 e.